The van der Waals surface area contributed by atoms with E-state index in [0.29, 0.717) is 12.5 Å². The summed E-state index contributed by atoms with van der Waals surface area (Å²) in [5.41, 5.74) is 2.76. The van der Waals surface area contributed by atoms with Crippen molar-refractivity contribution in [1.29, 1.82) is 0 Å². The number of piperidine rings is 1. The zero-order valence-electron chi connectivity index (χ0n) is 18.5. The quantitative estimate of drug-likeness (QED) is 0.540. The number of carbonyl (C=O) groups excluding carboxylic acids is 1. The van der Waals surface area contributed by atoms with Gasteiger partial charge in [0, 0.05) is 35.8 Å². The van der Waals surface area contributed by atoms with Gasteiger partial charge in [-0.15, -0.1) is 0 Å². The predicted molar refractivity (Wildman–Crippen MR) is 125 cm³/mol. The number of aromatic amines is 1. The second-order valence-corrected chi connectivity index (χ2v) is 8.90. The van der Waals surface area contributed by atoms with E-state index in [2.05, 4.69) is 21.8 Å². The standard InChI is InChI=1S/C26H33N3O2/c1-19(26(31)23-16-27-24-11-7-6-10-22(23)24)28(2)17-20-12-14-29(15-13-20)18-25(30)21-8-4-3-5-9-21/h3-11,16,19-20,25,27,30H,12-15,17-18H2,1-2H3. The van der Waals surface area contributed by atoms with Crippen molar-refractivity contribution in [2.45, 2.75) is 31.9 Å². The third kappa shape index (κ3) is 5.06. The molecule has 164 valence electrons. The van der Waals surface area contributed by atoms with Crippen molar-refractivity contribution < 1.29 is 9.90 Å². The Labute approximate surface area is 184 Å². The van der Waals surface area contributed by atoms with Crippen LogP contribution in [0.3, 0.4) is 0 Å². The molecule has 0 spiro atoms. The van der Waals surface area contributed by atoms with Crippen LogP contribution in [0.15, 0.2) is 60.8 Å². The number of aliphatic hydroxyl groups is 1. The average molecular weight is 420 g/mol. The van der Waals surface area contributed by atoms with Crippen molar-refractivity contribution in [3.05, 3.63) is 71.9 Å². The molecule has 0 aliphatic carbocycles. The van der Waals surface area contributed by atoms with E-state index in [0.717, 1.165) is 54.5 Å². The summed E-state index contributed by atoms with van der Waals surface area (Å²) in [5.74, 6) is 0.747. The van der Waals surface area contributed by atoms with E-state index in [9.17, 15) is 9.90 Å². The van der Waals surface area contributed by atoms with Crippen LogP contribution in [0, 0.1) is 5.92 Å². The molecule has 1 fully saturated rings. The van der Waals surface area contributed by atoms with Crippen molar-refractivity contribution in [3.8, 4) is 0 Å². The fourth-order valence-electron chi connectivity index (χ4n) is 4.64. The first kappa shape index (κ1) is 21.8. The zero-order valence-corrected chi connectivity index (χ0v) is 18.5. The van der Waals surface area contributed by atoms with E-state index in [-0.39, 0.29) is 11.8 Å². The molecule has 0 saturated carbocycles. The molecule has 0 amide bonds. The number of ketones is 1. The number of nitrogens with one attached hydrogen (secondary N) is 1. The van der Waals surface area contributed by atoms with E-state index in [1.54, 1.807) is 0 Å². The molecule has 5 nitrogen and oxygen atoms in total. The molecule has 1 aliphatic heterocycles. The fraction of sp³-hybridized carbons (Fsp3) is 0.423. The summed E-state index contributed by atoms with van der Waals surface area (Å²) in [6.07, 6.45) is 3.60. The van der Waals surface area contributed by atoms with Gasteiger partial charge >= 0.3 is 0 Å². The lowest BCUT2D eigenvalue weighted by Crippen LogP contribution is -2.43. The number of nitrogens with zero attached hydrogens (tertiary/aromatic N) is 2. The second kappa shape index (κ2) is 9.77. The second-order valence-electron chi connectivity index (χ2n) is 8.90. The van der Waals surface area contributed by atoms with Crippen LogP contribution < -0.4 is 0 Å². The summed E-state index contributed by atoms with van der Waals surface area (Å²) in [7, 11) is 2.06. The summed E-state index contributed by atoms with van der Waals surface area (Å²) in [6, 6.07) is 17.7. The van der Waals surface area contributed by atoms with Crippen LogP contribution in [0.5, 0.6) is 0 Å². The maximum atomic E-state index is 13.1. The molecule has 4 rings (SSSR count). The predicted octanol–water partition coefficient (Wildman–Crippen LogP) is 4.12. The number of para-hydroxylation sites is 1. The van der Waals surface area contributed by atoms with Crippen LogP contribution in [0.1, 0.15) is 41.8 Å². The Morgan fingerprint density at radius 2 is 1.81 bits per heavy atom. The van der Waals surface area contributed by atoms with Crippen LogP contribution in [-0.4, -0.2) is 64.9 Å². The number of fused-ring (bicyclic) bond motifs is 1. The lowest BCUT2D eigenvalue weighted by atomic mass is 9.94. The number of hydrogen-bond acceptors (Lipinski definition) is 4. The van der Waals surface area contributed by atoms with Gasteiger partial charge in [0.15, 0.2) is 5.78 Å². The smallest absolute Gasteiger partial charge is 0.181 e. The number of likely N-dealkylation sites (N-methyl/N-ethyl adjacent to an activating group) is 1. The number of H-pyrrole nitrogens is 1. The summed E-state index contributed by atoms with van der Waals surface area (Å²) in [6.45, 7) is 5.60. The molecule has 2 unspecified atom stereocenters. The van der Waals surface area contributed by atoms with Gasteiger partial charge in [-0.25, -0.2) is 0 Å². The first-order valence-electron chi connectivity index (χ1n) is 11.3. The minimum absolute atomic E-state index is 0.155. The Morgan fingerprint density at radius 3 is 2.55 bits per heavy atom. The maximum absolute atomic E-state index is 13.1. The molecular weight excluding hydrogens is 386 g/mol. The van der Waals surface area contributed by atoms with Gasteiger partial charge in [-0.3, -0.25) is 9.69 Å². The van der Waals surface area contributed by atoms with Gasteiger partial charge in [0.25, 0.3) is 0 Å². The number of aromatic nitrogens is 1. The van der Waals surface area contributed by atoms with Crippen LogP contribution in [-0.2, 0) is 0 Å². The van der Waals surface area contributed by atoms with E-state index >= 15 is 0 Å². The van der Waals surface area contributed by atoms with Gasteiger partial charge < -0.3 is 15.0 Å². The number of aliphatic hydroxyl groups excluding tert-OH is 1. The van der Waals surface area contributed by atoms with Crippen LogP contribution >= 0.6 is 0 Å². The summed E-state index contributed by atoms with van der Waals surface area (Å²) >= 11 is 0. The molecule has 2 atom stereocenters. The van der Waals surface area contributed by atoms with Crippen LogP contribution in [0.2, 0.25) is 0 Å². The molecule has 2 aromatic carbocycles. The first-order valence-corrected chi connectivity index (χ1v) is 11.3. The molecule has 0 radical (unpaired) electrons. The van der Waals surface area contributed by atoms with Gasteiger partial charge in [0.2, 0.25) is 0 Å². The monoisotopic (exact) mass is 419 g/mol. The number of β-amino-alcohol motifs (C(OH)–C–C–N with tert-alkyl or cyclic N) is 1. The third-order valence-electron chi connectivity index (χ3n) is 6.76. The van der Waals surface area contributed by atoms with Crippen molar-refractivity contribution >= 4 is 16.7 Å². The van der Waals surface area contributed by atoms with Crippen LogP contribution in [0.25, 0.3) is 10.9 Å². The highest BCUT2D eigenvalue weighted by molar-refractivity contribution is 6.10. The summed E-state index contributed by atoms with van der Waals surface area (Å²) < 4.78 is 0. The van der Waals surface area contributed by atoms with Gasteiger partial charge in [-0.2, -0.15) is 0 Å². The van der Waals surface area contributed by atoms with Gasteiger partial charge in [-0.1, -0.05) is 48.5 Å². The molecule has 1 aliphatic rings. The lowest BCUT2D eigenvalue weighted by molar-refractivity contribution is 0.0725. The molecule has 31 heavy (non-hydrogen) atoms. The van der Waals surface area contributed by atoms with E-state index in [1.165, 1.54) is 0 Å². The number of rotatable bonds is 8. The van der Waals surface area contributed by atoms with E-state index in [1.807, 2.05) is 67.7 Å². The van der Waals surface area contributed by atoms with Crippen molar-refractivity contribution in [2.75, 3.05) is 33.2 Å². The Bertz CT molecular complexity index is 992. The highest BCUT2D eigenvalue weighted by Gasteiger charge is 2.27. The van der Waals surface area contributed by atoms with Crippen molar-refractivity contribution in [3.63, 3.8) is 0 Å². The van der Waals surface area contributed by atoms with Crippen molar-refractivity contribution in [1.82, 2.24) is 14.8 Å². The number of carbonyl (C=O) groups is 1. The molecule has 3 aromatic rings. The van der Waals surface area contributed by atoms with Gasteiger partial charge in [-0.05, 0) is 57.5 Å². The molecule has 2 heterocycles. The molecule has 1 aromatic heterocycles. The molecule has 2 N–H and O–H groups in total. The number of likely N-dealkylation sites (tertiary alicyclic amines) is 1. The van der Waals surface area contributed by atoms with E-state index < -0.39 is 6.10 Å². The Balaban J connectivity index is 1.27. The van der Waals surface area contributed by atoms with Crippen LogP contribution in [0.4, 0.5) is 0 Å². The van der Waals surface area contributed by atoms with Crippen molar-refractivity contribution in [2.24, 2.45) is 5.92 Å². The first-order chi connectivity index (χ1) is 15.0. The zero-order chi connectivity index (χ0) is 21.8. The summed E-state index contributed by atoms with van der Waals surface area (Å²) in [4.78, 5) is 20.9. The van der Waals surface area contributed by atoms with Gasteiger partial charge in [0.05, 0.1) is 12.1 Å². The summed E-state index contributed by atoms with van der Waals surface area (Å²) in [5, 5.41) is 11.5. The minimum Gasteiger partial charge on any atom is -0.387 e. The molecule has 1 saturated heterocycles. The Kier molecular flexibility index (Phi) is 6.86. The Morgan fingerprint density at radius 1 is 1.13 bits per heavy atom. The third-order valence-corrected chi connectivity index (χ3v) is 6.76. The maximum Gasteiger partial charge on any atom is 0.181 e. The highest BCUT2D eigenvalue weighted by Crippen LogP contribution is 2.24. The topological polar surface area (TPSA) is 59.6 Å². The van der Waals surface area contributed by atoms with E-state index in [4.69, 9.17) is 0 Å². The van der Waals surface area contributed by atoms with Gasteiger partial charge in [0.1, 0.15) is 0 Å². The average Bonchev–Trinajstić information content (AvgIpc) is 3.24. The lowest BCUT2D eigenvalue weighted by Gasteiger charge is -2.36. The number of Topliss-reactive ketones (excluding diaryl/α,β-unsaturated/α-hetero) is 1. The number of hydrogen-bond donors (Lipinski definition) is 2. The number of benzene rings is 2. The highest BCUT2D eigenvalue weighted by atomic mass is 16.3. The fourth-order valence-corrected chi connectivity index (χ4v) is 4.64. The minimum atomic E-state index is -0.436. The molecule has 5 heteroatoms. The normalized spacial score (nSPS) is 17.8. The SMILES string of the molecule is CC(C(=O)c1c[nH]c2ccccc12)N(C)CC1CCN(CC(O)c2ccccc2)CC1. The molecular formula is C26H33N3O2. The molecule has 0 bridgehead atoms. The Hall–Kier alpha value is -2.47. The largest absolute Gasteiger partial charge is 0.387 e.